The molecule has 1 spiro atoms. The van der Waals surface area contributed by atoms with Gasteiger partial charge in [-0.25, -0.2) is 4.39 Å². The van der Waals surface area contributed by atoms with Crippen LogP contribution >= 0.6 is 0 Å². The molecule has 2 aromatic carbocycles. The Kier molecular flexibility index (Phi) is 4.23. The summed E-state index contributed by atoms with van der Waals surface area (Å²) in [6.07, 6.45) is 2.18. The van der Waals surface area contributed by atoms with Crippen LogP contribution in [0.2, 0.25) is 0 Å². The Balaban J connectivity index is 1.67. The Bertz CT molecular complexity index is 839. The second-order valence-electron chi connectivity index (χ2n) is 7.22. The Labute approximate surface area is 152 Å². The van der Waals surface area contributed by atoms with E-state index in [-0.39, 0.29) is 17.7 Å². The minimum Gasteiger partial charge on any atom is -0.348 e. The molecule has 2 heterocycles. The van der Waals surface area contributed by atoms with Crippen LogP contribution in [0.15, 0.2) is 54.6 Å². The van der Waals surface area contributed by atoms with Gasteiger partial charge < -0.3 is 10.2 Å². The van der Waals surface area contributed by atoms with Crippen molar-refractivity contribution in [3.05, 3.63) is 71.5 Å². The zero-order chi connectivity index (χ0) is 18.1. The topological polar surface area (TPSA) is 49.4 Å². The molecule has 1 N–H and O–H groups in total. The van der Waals surface area contributed by atoms with E-state index in [9.17, 15) is 14.0 Å². The number of carbonyl (C=O) groups excluding carboxylic acids is 2. The zero-order valence-electron chi connectivity index (χ0n) is 14.5. The van der Waals surface area contributed by atoms with Gasteiger partial charge in [-0.3, -0.25) is 9.59 Å². The van der Waals surface area contributed by atoms with Crippen LogP contribution in [-0.2, 0) is 4.79 Å². The van der Waals surface area contributed by atoms with Crippen LogP contribution in [0.4, 0.5) is 4.39 Å². The number of nitrogens with zero attached hydrogens (tertiary/aromatic N) is 1. The fraction of sp³-hybridized carbons (Fsp3) is 0.333. The molecule has 2 atom stereocenters. The van der Waals surface area contributed by atoms with Crippen LogP contribution in [0, 0.1) is 5.82 Å². The first-order valence-corrected chi connectivity index (χ1v) is 8.98. The van der Waals surface area contributed by atoms with Gasteiger partial charge in [0.2, 0.25) is 5.91 Å². The van der Waals surface area contributed by atoms with Crippen LogP contribution in [0.25, 0.3) is 0 Å². The summed E-state index contributed by atoms with van der Waals surface area (Å²) in [5.41, 5.74) is 1.01. The zero-order valence-corrected chi connectivity index (χ0v) is 14.5. The smallest absolute Gasteiger partial charge is 0.254 e. The molecule has 0 aromatic heterocycles. The predicted octanol–water partition coefficient (Wildman–Crippen LogP) is 3.10. The summed E-state index contributed by atoms with van der Waals surface area (Å²) >= 11 is 0. The molecule has 0 unspecified atom stereocenters. The van der Waals surface area contributed by atoms with Crippen LogP contribution < -0.4 is 5.32 Å². The number of amides is 2. The van der Waals surface area contributed by atoms with Crippen molar-refractivity contribution in [1.82, 2.24) is 10.2 Å². The summed E-state index contributed by atoms with van der Waals surface area (Å²) in [7, 11) is 0. The number of hydrogen-bond donors (Lipinski definition) is 1. The molecule has 2 amide bonds. The number of rotatable bonds is 2. The minimum atomic E-state index is -0.445. The molecule has 134 valence electrons. The molecule has 0 radical (unpaired) electrons. The summed E-state index contributed by atoms with van der Waals surface area (Å²) < 4.78 is 13.5. The maximum Gasteiger partial charge on any atom is 0.254 e. The lowest BCUT2D eigenvalue weighted by Crippen LogP contribution is -2.56. The van der Waals surface area contributed by atoms with E-state index in [1.165, 1.54) is 12.1 Å². The maximum atomic E-state index is 13.5. The summed E-state index contributed by atoms with van der Waals surface area (Å²) in [5, 5.41) is 3.18. The number of benzene rings is 2. The Morgan fingerprint density at radius 2 is 1.96 bits per heavy atom. The van der Waals surface area contributed by atoms with E-state index in [4.69, 9.17) is 0 Å². The highest BCUT2D eigenvalue weighted by Gasteiger charge is 2.50. The lowest BCUT2D eigenvalue weighted by molar-refractivity contribution is -0.125. The highest BCUT2D eigenvalue weighted by atomic mass is 19.1. The van der Waals surface area contributed by atoms with Gasteiger partial charge in [-0.05, 0) is 36.6 Å². The number of likely N-dealkylation sites (tertiary alicyclic amines) is 1. The number of carbonyl (C=O) groups is 2. The van der Waals surface area contributed by atoms with E-state index in [0.29, 0.717) is 25.1 Å². The molecular formula is C21H21FN2O2. The average molecular weight is 352 g/mol. The molecule has 4 rings (SSSR count). The summed E-state index contributed by atoms with van der Waals surface area (Å²) in [6.45, 7) is 0.966. The summed E-state index contributed by atoms with van der Waals surface area (Å²) in [4.78, 5) is 26.8. The van der Waals surface area contributed by atoms with Gasteiger partial charge in [-0.15, -0.1) is 0 Å². The quantitative estimate of drug-likeness (QED) is 0.903. The predicted molar refractivity (Wildman–Crippen MR) is 96.2 cm³/mol. The van der Waals surface area contributed by atoms with E-state index in [1.807, 2.05) is 30.3 Å². The third kappa shape index (κ3) is 2.98. The van der Waals surface area contributed by atoms with Crippen molar-refractivity contribution in [2.75, 3.05) is 13.1 Å². The molecule has 2 saturated heterocycles. The lowest BCUT2D eigenvalue weighted by Gasteiger charge is -2.39. The molecule has 2 aliphatic rings. The van der Waals surface area contributed by atoms with E-state index >= 15 is 0 Å². The van der Waals surface area contributed by atoms with E-state index in [1.54, 1.807) is 17.0 Å². The minimum absolute atomic E-state index is 0.0328. The van der Waals surface area contributed by atoms with Crippen molar-refractivity contribution < 1.29 is 14.0 Å². The Morgan fingerprint density at radius 3 is 2.69 bits per heavy atom. The van der Waals surface area contributed by atoms with Gasteiger partial charge in [0.1, 0.15) is 5.82 Å². The summed E-state index contributed by atoms with van der Waals surface area (Å²) in [6, 6.07) is 15.8. The van der Waals surface area contributed by atoms with Gasteiger partial charge in [0.05, 0.1) is 5.54 Å². The second-order valence-corrected chi connectivity index (χ2v) is 7.22. The standard InChI is InChI=1S/C21H21FN2O2/c22-17-9-4-8-16(12-17)20(26)24-13-18(15-6-2-1-3-7-15)21(14-24)11-5-10-19(25)23-21/h1-4,6-9,12,18H,5,10-11,13-14H2,(H,23,25)/t18-,21+/m0/s1. The van der Waals surface area contributed by atoms with Crippen LogP contribution in [0.1, 0.15) is 41.1 Å². The van der Waals surface area contributed by atoms with Gasteiger partial charge in [-0.1, -0.05) is 36.4 Å². The van der Waals surface area contributed by atoms with Crippen molar-refractivity contribution >= 4 is 11.8 Å². The Morgan fingerprint density at radius 1 is 1.15 bits per heavy atom. The van der Waals surface area contributed by atoms with Gasteiger partial charge >= 0.3 is 0 Å². The first kappa shape index (κ1) is 16.8. The first-order valence-electron chi connectivity index (χ1n) is 8.98. The molecule has 0 aliphatic carbocycles. The first-order chi connectivity index (χ1) is 12.6. The highest BCUT2D eigenvalue weighted by Crippen LogP contribution is 2.41. The van der Waals surface area contributed by atoms with Crippen LogP contribution in [0.3, 0.4) is 0 Å². The largest absolute Gasteiger partial charge is 0.348 e. The monoisotopic (exact) mass is 352 g/mol. The molecule has 5 heteroatoms. The maximum absolute atomic E-state index is 13.5. The number of nitrogens with one attached hydrogen (secondary N) is 1. The normalized spacial score (nSPS) is 25.3. The average Bonchev–Trinajstić information content (AvgIpc) is 3.00. The number of halogens is 1. The molecule has 2 aromatic rings. The molecule has 0 saturated carbocycles. The van der Waals surface area contributed by atoms with Crippen LogP contribution in [-0.4, -0.2) is 35.3 Å². The van der Waals surface area contributed by atoms with Crippen molar-refractivity contribution in [1.29, 1.82) is 0 Å². The van der Waals surface area contributed by atoms with Crippen LogP contribution in [0.5, 0.6) is 0 Å². The molecule has 2 aliphatic heterocycles. The van der Waals surface area contributed by atoms with Gasteiger partial charge in [0.15, 0.2) is 0 Å². The van der Waals surface area contributed by atoms with Crippen molar-refractivity contribution in [3.8, 4) is 0 Å². The van der Waals surface area contributed by atoms with E-state index in [2.05, 4.69) is 5.32 Å². The van der Waals surface area contributed by atoms with Crippen molar-refractivity contribution in [3.63, 3.8) is 0 Å². The number of hydrogen-bond acceptors (Lipinski definition) is 2. The lowest BCUT2D eigenvalue weighted by atomic mass is 9.76. The molecular weight excluding hydrogens is 331 g/mol. The number of piperidine rings is 1. The van der Waals surface area contributed by atoms with Crippen molar-refractivity contribution in [2.45, 2.75) is 30.7 Å². The van der Waals surface area contributed by atoms with Gasteiger partial charge in [0.25, 0.3) is 5.91 Å². The van der Waals surface area contributed by atoms with E-state index in [0.717, 1.165) is 18.4 Å². The fourth-order valence-corrected chi connectivity index (χ4v) is 4.33. The van der Waals surface area contributed by atoms with Gasteiger partial charge in [-0.2, -0.15) is 0 Å². The third-order valence-corrected chi connectivity index (χ3v) is 5.52. The SMILES string of the molecule is O=C1CCC[C@]2(CN(C(=O)c3cccc(F)c3)C[C@H]2c2ccccc2)N1. The highest BCUT2D eigenvalue weighted by molar-refractivity contribution is 5.94. The molecule has 2 fully saturated rings. The third-order valence-electron chi connectivity index (χ3n) is 5.52. The summed E-state index contributed by atoms with van der Waals surface area (Å²) in [5.74, 6) is -0.542. The van der Waals surface area contributed by atoms with Gasteiger partial charge in [0, 0.05) is 31.0 Å². The second kappa shape index (κ2) is 6.56. The molecule has 26 heavy (non-hydrogen) atoms. The Hall–Kier alpha value is -2.69. The molecule has 0 bridgehead atoms. The van der Waals surface area contributed by atoms with E-state index < -0.39 is 11.4 Å². The van der Waals surface area contributed by atoms with Crippen molar-refractivity contribution in [2.24, 2.45) is 0 Å². The fourth-order valence-electron chi connectivity index (χ4n) is 4.33. The molecule has 4 nitrogen and oxygen atoms in total.